The zero-order chi connectivity index (χ0) is 16.9. The van der Waals surface area contributed by atoms with E-state index in [9.17, 15) is 4.79 Å². The number of amides is 1. The first-order valence-corrected chi connectivity index (χ1v) is 8.92. The summed E-state index contributed by atoms with van der Waals surface area (Å²) >= 11 is 1.66. The summed E-state index contributed by atoms with van der Waals surface area (Å²) in [4.78, 5) is 12.5. The molecule has 3 aromatic rings. The van der Waals surface area contributed by atoms with Crippen LogP contribution in [0, 0.1) is 6.92 Å². The third-order valence-corrected chi connectivity index (χ3v) is 4.87. The molecular formula is C20H21NO2S. The van der Waals surface area contributed by atoms with Crippen LogP contribution in [0.25, 0.3) is 21.2 Å². The first-order valence-electron chi connectivity index (χ1n) is 8.04. The molecule has 3 rings (SSSR count). The largest absolute Gasteiger partial charge is 0.385 e. The van der Waals surface area contributed by atoms with E-state index >= 15 is 0 Å². The van der Waals surface area contributed by atoms with Crippen LogP contribution in [0.2, 0.25) is 0 Å². The Balaban J connectivity index is 1.92. The highest BCUT2D eigenvalue weighted by Crippen LogP contribution is 2.33. The molecule has 4 heteroatoms. The van der Waals surface area contributed by atoms with Crippen LogP contribution in [0.1, 0.15) is 22.3 Å². The minimum absolute atomic E-state index is 0.0326. The molecule has 0 fully saturated rings. The Hall–Kier alpha value is -2.17. The zero-order valence-corrected chi connectivity index (χ0v) is 14.8. The second-order valence-electron chi connectivity index (χ2n) is 5.82. The van der Waals surface area contributed by atoms with Crippen molar-refractivity contribution >= 4 is 27.3 Å². The van der Waals surface area contributed by atoms with Crippen molar-refractivity contribution < 1.29 is 9.53 Å². The van der Waals surface area contributed by atoms with Gasteiger partial charge in [0.2, 0.25) is 0 Å². The Morgan fingerprint density at radius 1 is 1.17 bits per heavy atom. The third kappa shape index (κ3) is 3.66. The van der Waals surface area contributed by atoms with Gasteiger partial charge in [0, 0.05) is 35.9 Å². The van der Waals surface area contributed by atoms with Crippen molar-refractivity contribution in [3.8, 4) is 11.1 Å². The van der Waals surface area contributed by atoms with Gasteiger partial charge in [-0.15, -0.1) is 11.3 Å². The normalized spacial score (nSPS) is 10.9. The molecule has 0 saturated carbocycles. The van der Waals surface area contributed by atoms with E-state index < -0.39 is 0 Å². The summed E-state index contributed by atoms with van der Waals surface area (Å²) in [7, 11) is 1.67. The van der Waals surface area contributed by atoms with Crippen molar-refractivity contribution in [3.05, 3.63) is 59.0 Å². The van der Waals surface area contributed by atoms with E-state index in [1.165, 1.54) is 10.9 Å². The Labute approximate surface area is 146 Å². The van der Waals surface area contributed by atoms with Gasteiger partial charge in [0.1, 0.15) is 0 Å². The fraction of sp³-hybridized carbons (Fsp3) is 0.250. The summed E-state index contributed by atoms with van der Waals surface area (Å²) in [5.41, 5.74) is 4.18. The number of rotatable bonds is 6. The van der Waals surface area contributed by atoms with E-state index in [1.807, 2.05) is 12.1 Å². The molecule has 0 bridgehead atoms. The maximum atomic E-state index is 12.5. The molecular weight excluding hydrogens is 318 g/mol. The number of ether oxygens (including phenoxy) is 1. The van der Waals surface area contributed by atoms with Crippen LogP contribution in [0.15, 0.2) is 47.8 Å². The second-order valence-corrected chi connectivity index (χ2v) is 6.77. The number of thiophene rings is 1. The quantitative estimate of drug-likeness (QED) is 0.664. The number of hydrogen-bond acceptors (Lipinski definition) is 3. The van der Waals surface area contributed by atoms with Crippen molar-refractivity contribution in [2.45, 2.75) is 13.3 Å². The van der Waals surface area contributed by atoms with Gasteiger partial charge in [0.15, 0.2) is 0 Å². The first kappa shape index (κ1) is 16.7. The fourth-order valence-corrected chi connectivity index (χ4v) is 3.55. The van der Waals surface area contributed by atoms with Gasteiger partial charge in [0.05, 0.1) is 0 Å². The molecule has 24 heavy (non-hydrogen) atoms. The van der Waals surface area contributed by atoms with Crippen LogP contribution in [0.5, 0.6) is 0 Å². The second kappa shape index (κ2) is 7.60. The smallest absolute Gasteiger partial charge is 0.251 e. The molecule has 124 valence electrons. The van der Waals surface area contributed by atoms with Gasteiger partial charge in [-0.3, -0.25) is 4.79 Å². The highest BCUT2D eigenvalue weighted by Gasteiger charge is 2.12. The highest BCUT2D eigenvalue weighted by molar-refractivity contribution is 7.17. The Bertz CT molecular complexity index is 836. The molecule has 0 atom stereocenters. The molecule has 2 aromatic carbocycles. The fourth-order valence-electron chi connectivity index (χ4n) is 2.69. The summed E-state index contributed by atoms with van der Waals surface area (Å²) in [6.07, 6.45) is 0.814. The van der Waals surface area contributed by atoms with Gasteiger partial charge < -0.3 is 10.1 Å². The van der Waals surface area contributed by atoms with E-state index in [0.717, 1.165) is 22.2 Å². The topological polar surface area (TPSA) is 38.3 Å². The standard InChI is InChI=1S/C20H21NO2S/c1-14-4-6-15(7-5-14)18-12-16(13-19-17(18)8-11-24-19)20(22)21-9-3-10-23-2/h4-8,11-13H,3,9-10H2,1-2H3,(H,21,22). The van der Waals surface area contributed by atoms with Crippen LogP contribution in [0.3, 0.4) is 0 Å². The van der Waals surface area contributed by atoms with E-state index in [2.05, 4.69) is 48.0 Å². The number of aryl methyl sites for hydroxylation is 1. The van der Waals surface area contributed by atoms with Crippen LogP contribution in [-0.4, -0.2) is 26.2 Å². The number of benzene rings is 2. The predicted octanol–water partition coefficient (Wildman–Crippen LogP) is 4.64. The SMILES string of the molecule is COCCCNC(=O)c1cc(-c2ccc(C)cc2)c2ccsc2c1. The summed E-state index contributed by atoms with van der Waals surface area (Å²) in [5, 5.41) is 6.23. The average Bonchev–Trinajstić information content (AvgIpc) is 3.07. The lowest BCUT2D eigenvalue weighted by Crippen LogP contribution is -2.25. The maximum absolute atomic E-state index is 12.5. The van der Waals surface area contributed by atoms with E-state index in [0.29, 0.717) is 18.7 Å². The van der Waals surface area contributed by atoms with Crippen LogP contribution in [0.4, 0.5) is 0 Å². The number of fused-ring (bicyclic) bond motifs is 1. The van der Waals surface area contributed by atoms with Crippen molar-refractivity contribution in [2.24, 2.45) is 0 Å². The van der Waals surface area contributed by atoms with Gasteiger partial charge in [-0.2, -0.15) is 0 Å². The van der Waals surface area contributed by atoms with Crippen LogP contribution in [-0.2, 0) is 4.74 Å². The molecule has 1 N–H and O–H groups in total. The summed E-state index contributed by atoms with van der Waals surface area (Å²) in [5.74, 6) is -0.0326. The molecule has 0 unspecified atom stereocenters. The molecule has 1 amide bonds. The van der Waals surface area contributed by atoms with Gasteiger partial charge in [-0.1, -0.05) is 29.8 Å². The van der Waals surface area contributed by atoms with Gasteiger partial charge in [-0.05, 0) is 48.1 Å². The number of methoxy groups -OCH3 is 1. The molecule has 1 aromatic heterocycles. The molecule has 0 spiro atoms. The third-order valence-electron chi connectivity index (χ3n) is 4.01. The number of hydrogen-bond donors (Lipinski definition) is 1. The number of carbonyl (C=O) groups is 1. The minimum Gasteiger partial charge on any atom is -0.385 e. The van der Waals surface area contributed by atoms with E-state index in [-0.39, 0.29) is 5.91 Å². The molecule has 0 aliphatic rings. The Kier molecular flexibility index (Phi) is 5.28. The molecule has 0 aliphatic carbocycles. The molecule has 3 nitrogen and oxygen atoms in total. The monoisotopic (exact) mass is 339 g/mol. The summed E-state index contributed by atoms with van der Waals surface area (Å²) in [6.45, 7) is 3.35. The van der Waals surface area contributed by atoms with E-state index in [4.69, 9.17) is 4.74 Å². The van der Waals surface area contributed by atoms with Crippen molar-refractivity contribution in [2.75, 3.05) is 20.3 Å². The minimum atomic E-state index is -0.0326. The highest BCUT2D eigenvalue weighted by atomic mass is 32.1. The Morgan fingerprint density at radius 3 is 2.71 bits per heavy atom. The zero-order valence-electron chi connectivity index (χ0n) is 14.0. The first-order chi connectivity index (χ1) is 11.7. The van der Waals surface area contributed by atoms with Crippen molar-refractivity contribution in [1.29, 1.82) is 0 Å². The maximum Gasteiger partial charge on any atom is 0.251 e. The number of nitrogens with one attached hydrogen (secondary N) is 1. The van der Waals surface area contributed by atoms with Gasteiger partial charge in [0.25, 0.3) is 5.91 Å². The Morgan fingerprint density at radius 2 is 1.96 bits per heavy atom. The van der Waals surface area contributed by atoms with Crippen LogP contribution >= 0.6 is 11.3 Å². The lowest BCUT2D eigenvalue weighted by atomic mass is 9.98. The average molecular weight is 339 g/mol. The van der Waals surface area contributed by atoms with Crippen molar-refractivity contribution in [3.63, 3.8) is 0 Å². The van der Waals surface area contributed by atoms with E-state index in [1.54, 1.807) is 18.4 Å². The van der Waals surface area contributed by atoms with Gasteiger partial charge in [-0.25, -0.2) is 0 Å². The molecule has 0 radical (unpaired) electrons. The molecule has 1 heterocycles. The summed E-state index contributed by atoms with van der Waals surface area (Å²) < 4.78 is 6.15. The number of carbonyl (C=O) groups excluding carboxylic acids is 1. The molecule has 0 saturated heterocycles. The lowest BCUT2D eigenvalue weighted by molar-refractivity contribution is 0.0949. The predicted molar refractivity (Wildman–Crippen MR) is 101 cm³/mol. The molecule has 0 aliphatic heterocycles. The summed E-state index contributed by atoms with van der Waals surface area (Å²) in [6, 6.07) is 14.5. The lowest BCUT2D eigenvalue weighted by Gasteiger charge is -2.09. The van der Waals surface area contributed by atoms with Gasteiger partial charge >= 0.3 is 0 Å². The van der Waals surface area contributed by atoms with Crippen molar-refractivity contribution in [1.82, 2.24) is 5.32 Å². The van der Waals surface area contributed by atoms with Crippen LogP contribution < -0.4 is 5.32 Å².